The van der Waals surface area contributed by atoms with Crippen LogP contribution in [0, 0.1) is 6.92 Å². The number of aliphatic hydroxyl groups is 1. The fraction of sp³-hybridized carbons (Fsp3) is 0.250. The molecule has 1 N–H and O–H groups in total. The fourth-order valence-electron chi connectivity index (χ4n) is 1.57. The normalized spacial score (nSPS) is 12.7. The zero-order chi connectivity index (χ0) is 11.5. The zero-order valence-electron chi connectivity index (χ0n) is 8.85. The van der Waals surface area contributed by atoms with Gasteiger partial charge in [0.25, 0.3) is 0 Å². The summed E-state index contributed by atoms with van der Waals surface area (Å²) in [4.78, 5) is 4.07. The van der Waals surface area contributed by atoms with E-state index < -0.39 is 6.10 Å². The van der Waals surface area contributed by atoms with Crippen molar-refractivity contribution in [3.05, 3.63) is 50.9 Å². The van der Waals surface area contributed by atoms with E-state index in [1.165, 1.54) is 16.9 Å². The summed E-state index contributed by atoms with van der Waals surface area (Å²) >= 11 is 7.10. The molecule has 1 atom stereocenters. The summed E-state index contributed by atoms with van der Waals surface area (Å²) < 4.78 is 0.610. The van der Waals surface area contributed by atoms with Crippen molar-refractivity contribution < 1.29 is 5.11 Å². The molecule has 84 valence electrons. The summed E-state index contributed by atoms with van der Waals surface area (Å²) in [5.74, 6) is 0. The van der Waals surface area contributed by atoms with Gasteiger partial charge >= 0.3 is 0 Å². The predicted molar refractivity (Wildman–Crippen MR) is 67.0 cm³/mol. The van der Waals surface area contributed by atoms with Crippen LogP contribution in [0.3, 0.4) is 0 Å². The predicted octanol–water partition coefficient (Wildman–Crippen LogP) is 3.38. The van der Waals surface area contributed by atoms with Crippen molar-refractivity contribution >= 4 is 22.9 Å². The van der Waals surface area contributed by atoms with Crippen LogP contribution >= 0.6 is 22.9 Å². The number of rotatable bonds is 3. The lowest BCUT2D eigenvalue weighted by Crippen LogP contribution is -2.01. The standard InChI is InChI=1S/C12H12ClNOS/c1-8-3-2-4-9(5-8)6-10(15)12-14-7-11(13)16-12/h2-5,7,10,15H,6H2,1H3. The topological polar surface area (TPSA) is 33.1 Å². The summed E-state index contributed by atoms with van der Waals surface area (Å²) in [7, 11) is 0. The number of benzene rings is 1. The highest BCUT2D eigenvalue weighted by Crippen LogP contribution is 2.26. The molecule has 0 amide bonds. The van der Waals surface area contributed by atoms with E-state index in [0.29, 0.717) is 15.8 Å². The first kappa shape index (κ1) is 11.6. The van der Waals surface area contributed by atoms with Gasteiger partial charge in [-0.15, -0.1) is 11.3 Å². The van der Waals surface area contributed by atoms with E-state index >= 15 is 0 Å². The minimum absolute atomic E-state index is 0.570. The molecule has 2 rings (SSSR count). The lowest BCUT2D eigenvalue weighted by atomic mass is 10.1. The Bertz CT molecular complexity index is 483. The van der Waals surface area contributed by atoms with Crippen molar-refractivity contribution in [2.45, 2.75) is 19.4 Å². The lowest BCUT2D eigenvalue weighted by Gasteiger charge is -2.07. The van der Waals surface area contributed by atoms with Crippen molar-refractivity contribution in [2.75, 3.05) is 0 Å². The maximum atomic E-state index is 9.97. The SMILES string of the molecule is Cc1cccc(CC(O)c2ncc(Cl)s2)c1. The minimum atomic E-state index is -0.570. The van der Waals surface area contributed by atoms with Crippen LogP contribution < -0.4 is 0 Å². The first-order valence-electron chi connectivity index (χ1n) is 5.00. The molecule has 0 radical (unpaired) electrons. The van der Waals surface area contributed by atoms with Crippen molar-refractivity contribution in [1.29, 1.82) is 0 Å². The number of thiazole rings is 1. The Balaban J connectivity index is 2.10. The average molecular weight is 254 g/mol. The maximum absolute atomic E-state index is 9.97. The molecule has 0 aliphatic heterocycles. The Morgan fingerprint density at radius 3 is 2.94 bits per heavy atom. The number of aryl methyl sites for hydroxylation is 1. The monoisotopic (exact) mass is 253 g/mol. The van der Waals surface area contributed by atoms with Crippen LogP contribution in [0.5, 0.6) is 0 Å². The molecule has 1 unspecified atom stereocenters. The van der Waals surface area contributed by atoms with Crippen molar-refractivity contribution in [2.24, 2.45) is 0 Å². The molecule has 0 spiro atoms. The van der Waals surface area contributed by atoms with Gasteiger partial charge in [-0.2, -0.15) is 0 Å². The van der Waals surface area contributed by atoms with Crippen LogP contribution in [0.4, 0.5) is 0 Å². The van der Waals surface area contributed by atoms with Gasteiger partial charge in [0.2, 0.25) is 0 Å². The second-order valence-corrected chi connectivity index (χ2v) is 5.41. The molecule has 1 aromatic heterocycles. The van der Waals surface area contributed by atoms with Crippen molar-refractivity contribution in [1.82, 2.24) is 4.98 Å². The molecule has 0 fully saturated rings. The Morgan fingerprint density at radius 1 is 1.50 bits per heavy atom. The summed E-state index contributed by atoms with van der Waals surface area (Å²) in [6.07, 6.45) is 1.58. The summed E-state index contributed by atoms with van der Waals surface area (Å²) in [5.41, 5.74) is 2.31. The van der Waals surface area contributed by atoms with Crippen LogP contribution in [0.15, 0.2) is 30.5 Å². The number of halogens is 1. The largest absolute Gasteiger partial charge is 0.386 e. The van der Waals surface area contributed by atoms with Crippen molar-refractivity contribution in [3.63, 3.8) is 0 Å². The highest BCUT2D eigenvalue weighted by Gasteiger charge is 2.12. The number of hydrogen-bond acceptors (Lipinski definition) is 3. The van der Waals surface area contributed by atoms with E-state index in [2.05, 4.69) is 11.1 Å². The van der Waals surface area contributed by atoms with E-state index in [1.807, 2.05) is 25.1 Å². The molecule has 0 saturated carbocycles. The molecule has 2 aromatic rings. The fourth-order valence-corrected chi connectivity index (χ4v) is 2.49. The highest BCUT2D eigenvalue weighted by atomic mass is 35.5. The van der Waals surface area contributed by atoms with E-state index in [0.717, 1.165) is 5.56 Å². The van der Waals surface area contributed by atoms with Gasteiger partial charge in [-0.1, -0.05) is 41.4 Å². The summed E-state index contributed by atoms with van der Waals surface area (Å²) in [5, 5.41) is 10.6. The second-order valence-electron chi connectivity index (χ2n) is 3.71. The van der Waals surface area contributed by atoms with Crippen molar-refractivity contribution in [3.8, 4) is 0 Å². The van der Waals surface area contributed by atoms with Gasteiger partial charge in [0, 0.05) is 6.42 Å². The Morgan fingerprint density at radius 2 is 2.31 bits per heavy atom. The van der Waals surface area contributed by atoms with E-state index in [9.17, 15) is 5.11 Å². The van der Waals surface area contributed by atoms with Gasteiger partial charge in [-0.05, 0) is 12.5 Å². The highest BCUT2D eigenvalue weighted by molar-refractivity contribution is 7.15. The number of nitrogens with zero attached hydrogens (tertiary/aromatic N) is 1. The molecule has 4 heteroatoms. The molecule has 2 nitrogen and oxygen atoms in total. The van der Waals surface area contributed by atoms with Gasteiger partial charge in [-0.3, -0.25) is 0 Å². The third kappa shape index (κ3) is 2.82. The van der Waals surface area contributed by atoms with Crippen LogP contribution in [0.1, 0.15) is 22.2 Å². The van der Waals surface area contributed by atoms with E-state index in [1.54, 1.807) is 6.20 Å². The zero-order valence-corrected chi connectivity index (χ0v) is 10.4. The first-order valence-corrected chi connectivity index (χ1v) is 6.19. The molecule has 1 heterocycles. The first-order chi connectivity index (χ1) is 7.65. The van der Waals surface area contributed by atoms with Gasteiger partial charge in [0.05, 0.1) is 6.20 Å². The van der Waals surface area contributed by atoms with Gasteiger partial charge < -0.3 is 5.11 Å². The van der Waals surface area contributed by atoms with Crippen LogP contribution in [0.2, 0.25) is 4.34 Å². The van der Waals surface area contributed by atoms with E-state index in [4.69, 9.17) is 11.6 Å². The van der Waals surface area contributed by atoms with Crippen LogP contribution in [-0.4, -0.2) is 10.1 Å². The third-order valence-corrected chi connectivity index (χ3v) is 3.51. The van der Waals surface area contributed by atoms with E-state index in [-0.39, 0.29) is 0 Å². The summed E-state index contributed by atoms with van der Waals surface area (Å²) in [6.45, 7) is 2.04. The molecule has 0 bridgehead atoms. The molecule has 0 saturated heterocycles. The second kappa shape index (κ2) is 4.95. The molecule has 0 aliphatic carbocycles. The number of aliphatic hydroxyl groups excluding tert-OH is 1. The Kier molecular flexibility index (Phi) is 3.59. The third-order valence-electron chi connectivity index (χ3n) is 2.29. The Labute approximate surface area is 104 Å². The maximum Gasteiger partial charge on any atom is 0.123 e. The smallest absolute Gasteiger partial charge is 0.123 e. The van der Waals surface area contributed by atoms with Gasteiger partial charge in [-0.25, -0.2) is 4.98 Å². The van der Waals surface area contributed by atoms with Gasteiger partial charge in [0.15, 0.2) is 0 Å². The molecule has 16 heavy (non-hydrogen) atoms. The minimum Gasteiger partial charge on any atom is -0.386 e. The van der Waals surface area contributed by atoms with Crippen LogP contribution in [-0.2, 0) is 6.42 Å². The van der Waals surface area contributed by atoms with Gasteiger partial charge in [0.1, 0.15) is 15.4 Å². The molecule has 0 aliphatic rings. The number of aromatic nitrogens is 1. The quantitative estimate of drug-likeness (QED) is 0.910. The lowest BCUT2D eigenvalue weighted by molar-refractivity contribution is 0.178. The molecular weight excluding hydrogens is 242 g/mol. The molecule has 1 aromatic carbocycles. The average Bonchev–Trinajstić information content (AvgIpc) is 2.65. The number of hydrogen-bond donors (Lipinski definition) is 1. The van der Waals surface area contributed by atoms with Crippen LogP contribution in [0.25, 0.3) is 0 Å². The molecular formula is C12H12ClNOS. The summed E-state index contributed by atoms with van der Waals surface area (Å²) in [6, 6.07) is 8.10. The Hall–Kier alpha value is -0.900.